The number of hydrogen-bond donors (Lipinski definition) is 0. The van der Waals surface area contributed by atoms with Crippen LogP contribution >= 0.6 is 0 Å². The Kier molecular flexibility index (Phi) is 14.1. The van der Waals surface area contributed by atoms with Gasteiger partial charge in [-0.1, -0.05) is 48.3 Å². The Bertz CT molecular complexity index is 2250. The van der Waals surface area contributed by atoms with Gasteiger partial charge in [-0.15, -0.1) is 65.8 Å². The third kappa shape index (κ3) is 10.7. The molecule has 0 fully saturated rings. The van der Waals surface area contributed by atoms with Crippen LogP contribution in [0, 0.1) is 49.5 Å². The van der Waals surface area contributed by atoms with Crippen LogP contribution in [0.5, 0.6) is 23.0 Å². The van der Waals surface area contributed by atoms with Crippen molar-refractivity contribution in [3.05, 3.63) is 207 Å². The van der Waals surface area contributed by atoms with Crippen LogP contribution in [-0.4, -0.2) is 14.5 Å². The number of ether oxygens (including phenoxy) is 2. The summed E-state index contributed by atoms with van der Waals surface area (Å²) in [6.07, 6.45) is 15.8. The minimum atomic E-state index is 0. The first-order valence-electron chi connectivity index (χ1n) is 16.1. The quantitative estimate of drug-likeness (QED) is 0.107. The molecule has 2 aromatic heterocycles. The van der Waals surface area contributed by atoms with Crippen molar-refractivity contribution < 1.29 is 51.6 Å². The molecule has 0 unspecified atom stereocenters. The summed E-state index contributed by atoms with van der Waals surface area (Å²) in [4.78, 5) is 8.71. The Morgan fingerprint density at radius 3 is 2.04 bits per heavy atom. The molecule has 0 amide bonds. The molecule has 6 nitrogen and oxygen atoms in total. The van der Waals surface area contributed by atoms with Crippen molar-refractivity contribution in [2.75, 3.05) is 4.90 Å². The minimum Gasteiger partial charge on any atom is -0.669 e. The van der Waals surface area contributed by atoms with Gasteiger partial charge in [0.25, 0.3) is 0 Å². The zero-order valence-electron chi connectivity index (χ0n) is 28.0. The van der Waals surface area contributed by atoms with Gasteiger partial charge in [0.15, 0.2) is 0 Å². The predicted molar refractivity (Wildman–Crippen MR) is 197 cm³/mol. The van der Waals surface area contributed by atoms with Crippen molar-refractivity contribution in [3.8, 4) is 51.4 Å². The summed E-state index contributed by atoms with van der Waals surface area (Å²) < 4.78 is 13.7. The molecule has 5 aromatic carbocycles. The largest absolute Gasteiger partial charge is 4.00 e. The third-order valence-corrected chi connectivity index (χ3v) is 7.59. The van der Waals surface area contributed by atoms with Crippen LogP contribution in [0.25, 0.3) is 22.4 Å². The van der Waals surface area contributed by atoms with Gasteiger partial charge in [0.1, 0.15) is 0 Å². The zero-order valence-corrected chi connectivity index (χ0v) is 32.6. The Balaban J connectivity index is 0.000000542. The standard InChI is InChI=1S/C39H25N3O2.C6H4N.2Pt/c1-3-10-30(11-4-1)28-41-22-23-42(29-41)34-14-9-19-38(27-34)44-37-18-8-13-33(25-37)39-26-32(20-21-40-39)31-12-7-17-36(24-31)43-35-15-5-2-6-16-35;1-2-7-5-3-4-6-7;;/h1-15,17-19,21-23,26,29H,28H2;3-6H;;/q-6;-1;;+4. The van der Waals surface area contributed by atoms with Gasteiger partial charge < -0.3 is 35.2 Å². The second-order valence-corrected chi connectivity index (χ2v) is 11.2. The van der Waals surface area contributed by atoms with Gasteiger partial charge in [-0.2, -0.15) is 43.1 Å². The first kappa shape index (κ1) is 38.6. The number of pyridine rings is 1. The molecule has 8 rings (SSSR count). The van der Waals surface area contributed by atoms with Gasteiger partial charge >= 0.3 is 21.1 Å². The van der Waals surface area contributed by atoms with Crippen molar-refractivity contribution in [2.45, 2.75) is 6.54 Å². The molecule has 3 heterocycles. The fourth-order valence-corrected chi connectivity index (χ4v) is 5.17. The average Bonchev–Trinajstić information content (AvgIpc) is 3.90. The van der Waals surface area contributed by atoms with E-state index >= 15 is 0 Å². The molecule has 0 saturated heterocycles. The Morgan fingerprint density at radius 2 is 1.32 bits per heavy atom. The van der Waals surface area contributed by atoms with Crippen molar-refractivity contribution in [1.29, 1.82) is 0 Å². The number of anilines is 1. The minimum absolute atomic E-state index is 0. The summed E-state index contributed by atoms with van der Waals surface area (Å²) in [5.74, 6) is 2.40. The van der Waals surface area contributed by atoms with E-state index in [-0.39, 0.29) is 42.1 Å². The molecule has 0 bridgehead atoms. The fourth-order valence-electron chi connectivity index (χ4n) is 5.17. The number of rotatable bonds is 9. The maximum Gasteiger partial charge on any atom is 4.00 e. The molecule has 0 N–H and O–H groups in total. The van der Waals surface area contributed by atoms with Crippen molar-refractivity contribution in [2.24, 2.45) is 0 Å². The topological polar surface area (TPSA) is 42.8 Å². The summed E-state index contributed by atoms with van der Waals surface area (Å²) in [6, 6.07) is 59.4. The molecule has 8 heteroatoms. The monoisotopic (exact) mass is 1050 g/mol. The first-order chi connectivity index (χ1) is 25.2. The second-order valence-electron chi connectivity index (χ2n) is 11.2. The van der Waals surface area contributed by atoms with E-state index < -0.39 is 0 Å². The number of aromatic nitrogens is 2. The smallest absolute Gasteiger partial charge is 0.669 e. The molecular formula is C45H29N4O2Pt2-3. The predicted octanol–water partition coefficient (Wildman–Crippen LogP) is 9.79. The van der Waals surface area contributed by atoms with Gasteiger partial charge in [-0.05, 0) is 30.1 Å². The van der Waals surface area contributed by atoms with Crippen molar-refractivity contribution in [1.82, 2.24) is 14.5 Å². The molecular weight excluding hydrogens is 1020 g/mol. The van der Waals surface area contributed by atoms with Crippen LogP contribution in [0.1, 0.15) is 5.56 Å². The maximum atomic E-state index is 6.57. The molecule has 0 spiro atoms. The molecule has 0 saturated carbocycles. The van der Waals surface area contributed by atoms with Crippen LogP contribution in [0.4, 0.5) is 5.69 Å². The second kappa shape index (κ2) is 19.3. The third-order valence-electron chi connectivity index (χ3n) is 7.59. The summed E-state index contributed by atoms with van der Waals surface area (Å²) in [5.41, 5.74) is 5.35. The summed E-state index contributed by atoms with van der Waals surface area (Å²) >= 11 is 0. The van der Waals surface area contributed by atoms with Crippen molar-refractivity contribution in [3.63, 3.8) is 0 Å². The van der Waals surface area contributed by atoms with Crippen LogP contribution < -0.4 is 14.4 Å². The van der Waals surface area contributed by atoms with Gasteiger partial charge in [-0.3, -0.25) is 11.1 Å². The summed E-state index contributed by atoms with van der Waals surface area (Å²) in [5, 5.41) is 0. The van der Waals surface area contributed by atoms with Gasteiger partial charge in [-0.25, -0.2) is 24.2 Å². The zero-order chi connectivity index (χ0) is 34.7. The van der Waals surface area contributed by atoms with Gasteiger partial charge in [0, 0.05) is 63.0 Å². The molecule has 7 aromatic rings. The van der Waals surface area contributed by atoms with Crippen LogP contribution in [0.2, 0.25) is 0 Å². The number of hydrogen-bond acceptors (Lipinski definition) is 5. The normalized spacial score (nSPS) is 11.3. The Labute approximate surface area is 339 Å². The number of benzene rings is 5. The molecule has 264 valence electrons. The fraction of sp³-hybridized carbons (Fsp3) is 0.0222. The summed E-state index contributed by atoms with van der Waals surface area (Å²) in [6.45, 7) is 2.84. The van der Waals surface area contributed by atoms with E-state index in [2.05, 4.69) is 70.5 Å². The summed E-state index contributed by atoms with van der Waals surface area (Å²) in [7, 11) is 0. The Hall–Kier alpha value is -5.59. The van der Waals surface area contributed by atoms with E-state index in [9.17, 15) is 0 Å². The molecule has 53 heavy (non-hydrogen) atoms. The molecule has 1 aliphatic rings. The molecule has 0 aliphatic carbocycles. The van der Waals surface area contributed by atoms with Gasteiger partial charge in [0.05, 0.1) is 0 Å². The molecule has 1 aliphatic heterocycles. The van der Waals surface area contributed by atoms with Crippen LogP contribution in [0.3, 0.4) is 0 Å². The number of nitrogens with zero attached hydrogens (tertiary/aromatic N) is 4. The number of para-hydroxylation sites is 1. The van der Waals surface area contributed by atoms with Crippen molar-refractivity contribution >= 4 is 5.69 Å². The first-order valence-corrected chi connectivity index (χ1v) is 16.1. The van der Waals surface area contributed by atoms with E-state index in [4.69, 9.17) is 15.9 Å². The van der Waals surface area contributed by atoms with Crippen LogP contribution in [-0.2, 0) is 48.7 Å². The van der Waals surface area contributed by atoms with E-state index in [0.717, 1.165) is 34.6 Å². The molecule has 0 atom stereocenters. The Morgan fingerprint density at radius 1 is 0.660 bits per heavy atom. The average molecular weight is 1050 g/mol. The van der Waals surface area contributed by atoms with E-state index in [1.807, 2.05) is 127 Å². The SMILES string of the molecule is [C-]#Cn1cccc1.[Pt+4].[Pt].[c-]1ccccc1Oc1[c-]c(-c2[c-]cnc(-c3[c-]c(Oc4[c-]c(N5C=CN(Cc6ccccc6)[CH-]5)ccc4)ccc3)c2)ccc1. The van der Waals surface area contributed by atoms with Crippen LogP contribution in [0.15, 0.2) is 158 Å². The van der Waals surface area contributed by atoms with E-state index in [1.54, 1.807) is 23.2 Å². The van der Waals surface area contributed by atoms with E-state index in [1.165, 1.54) is 5.56 Å². The molecule has 0 radical (unpaired) electrons. The van der Waals surface area contributed by atoms with E-state index in [0.29, 0.717) is 23.0 Å². The maximum absolute atomic E-state index is 6.57. The van der Waals surface area contributed by atoms with Gasteiger partial charge in [0.2, 0.25) is 0 Å².